The summed E-state index contributed by atoms with van der Waals surface area (Å²) in [6.45, 7) is 0.723. The first-order chi connectivity index (χ1) is 8.58. The van der Waals surface area contributed by atoms with Crippen LogP contribution in [0.15, 0.2) is 30.6 Å². The van der Waals surface area contributed by atoms with Crippen molar-refractivity contribution < 1.29 is 4.79 Å². The first-order valence-electron chi connectivity index (χ1n) is 5.37. The van der Waals surface area contributed by atoms with Crippen LogP contribution in [-0.4, -0.2) is 17.9 Å². The van der Waals surface area contributed by atoms with Gasteiger partial charge in [0, 0.05) is 26.0 Å². The number of pyridine rings is 1. The van der Waals surface area contributed by atoms with Crippen LogP contribution in [0.25, 0.3) is 0 Å². The van der Waals surface area contributed by atoms with Crippen LogP contribution in [0, 0.1) is 0 Å². The largest absolute Gasteiger partial charge is 0.397 e. The molecular weight excluding hydrogens is 248 g/mol. The van der Waals surface area contributed by atoms with E-state index in [1.165, 1.54) is 11.3 Å². The molecule has 0 radical (unpaired) electrons. The number of carbonyl (C=O) groups is 1. The van der Waals surface area contributed by atoms with E-state index in [-0.39, 0.29) is 0 Å². The van der Waals surface area contributed by atoms with Gasteiger partial charge >= 0.3 is 0 Å². The molecule has 0 fully saturated rings. The Kier molecular flexibility index (Phi) is 3.47. The molecule has 0 aromatic carbocycles. The smallest absolute Gasteiger partial charge is 0.260 e. The molecule has 2 aromatic rings. The van der Waals surface area contributed by atoms with Crippen LogP contribution in [0.1, 0.15) is 15.2 Å². The highest BCUT2D eigenvalue weighted by Gasteiger charge is 2.13. The number of aromatic nitrogens is 1. The van der Waals surface area contributed by atoms with E-state index in [2.05, 4.69) is 4.98 Å². The van der Waals surface area contributed by atoms with E-state index in [0.29, 0.717) is 10.6 Å². The number of nitrogens with two attached hydrogens (primary N) is 2. The number of hydrogen-bond acceptors (Lipinski definition) is 5. The average molecular weight is 262 g/mol. The summed E-state index contributed by atoms with van der Waals surface area (Å²) in [6.07, 6.45) is 3.50. The van der Waals surface area contributed by atoms with Gasteiger partial charge in [0.15, 0.2) is 0 Å². The standard InChI is InChI=1S/C12H14N4OS/c1-16(7-8-2-4-15-5-3-8)10-6-9(13)11(18-10)12(14)17/h2-6H,7,13H2,1H3,(H2,14,17). The van der Waals surface area contributed by atoms with Crippen molar-refractivity contribution in [2.24, 2.45) is 5.73 Å². The van der Waals surface area contributed by atoms with Crippen molar-refractivity contribution in [1.82, 2.24) is 4.98 Å². The number of primary amides is 1. The fourth-order valence-electron chi connectivity index (χ4n) is 1.61. The Labute approximate surface area is 109 Å². The number of nitrogen functional groups attached to an aromatic ring is 1. The van der Waals surface area contributed by atoms with Gasteiger partial charge in [-0.3, -0.25) is 9.78 Å². The van der Waals surface area contributed by atoms with Crippen LogP contribution in [0.2, 0.25) is 0 Å². The summed E-state index contributed by atoms with van der Waals surface area (Å²) >= 11 is 1.31. The Morgan fingerprint density at radius 1 is 1.44 bits per heavy atom. The third kappa shape index (κ3) is 2.60. The summed E-state index contributed by atoms with van der Waals surface area (Å²) in [4.78, 5) is 17.5. The van der Waals surface area contributed by atoms with Gasteiger partial charge in [0.25, 0.3) is 5.91 Å². The SMILES string of the molecule is CN(Cc1ccncc1)c1cc(N)c(C(N)=O)s1. The van der Waals surface area contributed by atoms with E-state index in [4.69, 9.17) is 11.5 Å². The van der Waals surface area contributed by atoms with Crippen molar-refractivity contribution >= 4 is 27.9 Å². The Hall–Kier alpha value is -2.08. The molecule has 0 saturated carbocycles. The molecule has 4 N–H and O–H groups in total. The number of nitrogens with zero attached hydrogens (tertiary/aromatic N) is 2. The number of hydrogen-bond donors (Lipinski definition) is 2. The molecule has 0 aliphatic rings. The van der Waals surface area contributed by atoms with Gasteiger partial charge in [-0.1, -0.05) is 0 Å². The minimum Gasteiger partial charge on any atom is -0.397 e. The van der Waals surface area contributed by atoms with Crippen molar-refractivity contribution in [3.8, 4) is 0 Å². The average Bonchev–Trinajstić information content (AvgIpc) is 2.73. The van der Waals surface area contributed by atoms with E-state index in [9.17, 15) is 4.79 Å². The first kappa shape index (κ1) is 12.4. The van der Waals surface area contributed by atoms with E-state index in [1.807, 2.05) is 24.1 Å². The Balaban J connectivity index is 2.17. The molecule has 5 nitrogen and oxygen atoms in total. The minimum atomic E-state index is -0.485. The molecule has 0 atom stereocenters. The number of carbonyl (C=O) groups excluding carboxylic acids is 1. The van der Waals surface area contributed by atoms with Crippen molar-refractivity contribution in [1.29, 1.82) is 0 Å². The maximum absolute atomic E-state index is 11.1. The van der Waals surface area contributed by atoms with Gasteiger partial charge in [-0.2, -0.15) is 0 Å². The predicted molar refractivity (Wildman–Crippen MR) is 73.6 cm³/mol. The fraction of sp³-hybridized carbons (Fsp3) is 0.167. The molecule has 0 aliphatic heterocycles. The van der Waals surface area contributed by atoms with Crippen molar-refractivity contribution in [2.45, 2.75) is 6.54 Å². The predicted octanol–water partition coefficient (Wildman–Crippen LogP) is 1.46. The molecule has 2 rings (SSSR count). The molecule has 1 amide bonds. The van der Waals surface area contributed by atoms with E-state index < -0.39 is 5.91 Å². The van der Waals surface area contributed by atoms with Crippen LogP contribution in [-0.2, 0) is 6.54 Å². The highest BCUT2D eigenvalue weighted by Crippen LogP contribution is 2.31. The zero-order valence-corrected chi connectivity index (χ0v) is 10.8. The Morgan fingerprint density at radius 2 is 2.11 bits per heavy atom. The zero-order valence-electron chi connectivity index (χ0n) is 9.96. The highest BCUT2D eigenvalue weighted by molar-refractivity contribution is 7.18. The molecule has 0 saturated heterocycles. The molecule has 0 spiro atoms. The summed E-state index contributed by atoms with van der Waals surface area (Å²) in [5.74, 6) is -0.485. The Bertz CT molecular complexity index is 552. The quantitative estimate of drug-likeness (QED) is 0.873. The van der Waals surface area contributed by atoms with Gasteiger partial charge in [-0.15, -0.1) is 11.3 Å². The van der Waals surface area contributed by atoms with Gasteiger partial charge in [0.05, 0.1) is 10.7 Å². The second-order valence-corrected chi connectivity index (χ2v) is 4.98. The van der Waals surface area contributed by atoms with Crippen molar-refractivity contribution in [3.05, 3.63) is 41.0 Å². The molecule has 0 unspecified atom stereocenters. The van der Waals surface area contributed by atoms with Crippen LogP contribution in [0.4, 0.5) is 10.7 Å². The molecule has 6 heteroatoms. The first-order valence-corrected chi connectivity index (χ1v) is 6.18. The van der Waals surface area contributed by atoms with Crippen LogP contribution in [0.5, 0.6) is 0 Å². The van der Waals surface area contributed by atoms with Gasteiger partial charge in [0.2, 0.25) is 0 Å². The molecule has 2 heterocycles. The van der Waals surface area contributed by atoms with Crippen LogP contribution < -0.4 is 16.4 Å². The van der Waals surface area contributed by atoms with Crippen LogP contribution >= 0.6 is 11.3 Å². The normalized spacial score (nSPS) is 10.3. The maximum Gasteiger partial charge on any atom is 0.260 e. The number of rotatable bonds is 4. The van der Waals surface area contributed by atoms with Gasteiger partial charge < -0.3 is 16.4 Å². The zero-order chi connectivity index (χ0) is 13.1. The third-order valence-electron chi connectivity index (χ3n) is 2.52. The summed E-state index contributed by atoms with van der Waals surface area (Å²) < 4.78 is 0. The molecule has 18 heavy (non-hydrogen) atoms. The maximum atomic E-state index is 11.1. The summed E-state index contributed by atoms with van der Waals surface area (Å²) in [5, 5.41) is 0.915. The lowest BCUT2D eigenvalue weighted by molar-refractivity contribution is 0.100. The lowest BCUT2D eigenvalue weighted by atomic mass is 10.2. The van der Waals surface area contributed by atoms with E-state index in [0.717, 1.165) is 17.1 Å². The summed E-state index contributed by atoms with van der Waals surface area (Å²) in [7, 11) is 1.94. The summed E-state index contributed by atoms with van der Waals surface area (Å²) in [5.41, 5.74) is 12.6. The van der Waals surface area contributed by atoms with E-state index in [1.54, 1.807) is 18.5 Å². The molecule has 0 aliphatic carbocycles. The lowest BCUT2D eigenvalue weighted by Crippen LogP contribution is -2.15. The number of amides is 1. The molecule has 0 bridgehead atoms. The third-order valence-corrected chi connectivity index (χ3v) is 3.80. The van der Waals surface area contributed by atoms with E-state index >= 15 is 0 Å². The second-order valence-electron chi connectivity index (χ2n) is 3.94. The van der Waals surface area contributed by atoms with Gasteiger partial charge in [-0.25, -0.2) is 0 Å². The number of anilines is 2. The second kappa shape index (κ2) is 5.05. The molecule has 2 aromatic heterocycles. The summed E-state index contributed by atoms with van der Waals surface area (Å²) in [6, 6.07) is 5.66. The monoisotopic (exact) mass is 262 g/mol. The number of thiophene rings is 1. The fourth-order valence-corrected chi connectivity index (χ4v) is 2.50. The molecule has 94 valence electrons. The minimum absolute atomic E-state index is 0.409. The van der Waals surface area contributed by atoms with Gasteiger partial charge in [0.1, 0.15) is 4.88 Å². The highest BCUT2D eigenvalue weighted by atomic mass is 32.1. The van der Waals surface area contributed by atoms with Crippen LogP contribution in [0.3, 0.4) is 0 Å². The van der Waals surface area contributed by atoms with Crippen molar-refractivity contribution in [3.63, 3.8) is 0 Å². The van der Waals surface area contributed by atoms with Gasteiger partial charge in [-0.05, 0) is 23.8 Å². The Morgan fingerprint density at radius 3 is 2.67 bits per heavy atom. The molecular formula is C12H14N4OS. The topological polar surface area (TPSA) is 85.2 Å². The van der Waals surface area contributed by atoms with Crippen molar-refractivity contribution in [2.75, 3.05) is 17.7 Å². The lowest BCUT2D eigenvalue weighted by Gasteiger charge is -2.16.